The SMILES string of the molecule is CC1C(CN)CCN1Cc1ccccn1. The van der Waals surface area contributed by atoms with Crippen LogP contribution in [0.3, 0.4) is 0 Å². The van der Waals surface area contributed by atoms with Gasteiger partial charge in [0.25, 0.3) is 0 Å². The molecular weight excluding hydrogens is 186 g/mol. The molecule has 0 bridgehead atoms. The van der Waals surface area contributed by atoms with E-state index < -0.39 is 0 Å². The summed E-state index contributed by atoms with van der Waals surface area (Å²) in [4.78, 5) is 6.83. The minimum Gasteiger partial charge on any atom is -0.330 e. The third kappa shape index (κ3) is 2.36. The third-order valence-corrected chi connectivity index (χ3v) is 3.44. The lowest BCUT2D eigenvalue weighted by molar-refractivity contribution is 0.233. The lowest BCUT2D eigenvalue weighted by Crippen LogP contribution is -2.32. The first-order valence-electron chi connectivity index (χ1n) is 5.65. The molecule has 1 saturated heterocycles. The highest BCUT2D eigenvalue weighted by Gasteiger charge is 2.29. The topological polar surface area (TPSA) is 42.1 Å². The van der Waals surface area contributed by atoms with E-state index in [9.17, 15) is 0 Å². The zero-order valence-electron chi connectivity index (χ0n) is 9.26. The number of pyridine rings is 1. The normalized spacial score (nSPS) is 27.1. The van der Waals surface area contributed by atoms with Crippen LogP contribution in [0.1, 0.15) is 19.0 Å². The second-order valence-corrected chi connectivity index (χ2v) is 4.32. The summed E-state index contributed by atoms with van der Waals surface area (Å²) in [5.74, 6) is 0.661. The molecule has 2 unspecified atom stereocenters. The first-order valence-corrected chi connectivity index (χ1v) is 5.65. The number of nitrogens with two attached hydrogens (primary N) is 1. The van der Waals surface area contributed by atoms with E-state index in [1.165, 1.54) is 6.42 Å². The zero-order valence-corrected chi connectivity index (χ0v) is 9.26. The second-order valence-electron chi connectivity index (χ2n) is 4.32. The summed E-state index contributed by atoms with van der Waals surface area (Å²) in [5.41, 5.74) is 6.89. The Bertz CT molecular complexity index is 299. The fourth-order valence-corrected chi connectivity index (χ4v) is 2.31. The van der Waals surface area contributed by atoms with E-state index in [-0.39, 0.29) is 0 Å². The first kappa shape index (κ1) is 10.6. The van der Waals surface area contributed by atoms with Gasteiger partial charge in [0.2, 0.25) is 0 Å². The van der Waals surface area contributed by atoms with Gasteiger partial charge in [-0.25, -0.2) is 0 Å². The number of rotatable bonds is 3. The number of hydrogen-bond acceptors (Lipinski definition) is 3. The first-order chi connectivity index (χ1) is 7.31. The van der Waals surface area contributed by atoms with Crippen molar-refractivity contribution < 1.29 is 0 Å². The maximum atomic E-state index is 5.74. The Labute approximate surface area is 91.3 Å². The van der Waals surface area contributed by atoms with E-state index in [4.69, 9.17) is 5.73 Å². The van der Waals surface area contributed by atoms with Gasteiger partial charge in [-0.3, -0.25) is 9.88 Å². The molecule has 0 aromatic carbocycles. The fraction of sp³-hybridized carbons (Fsp3) is 0.583. The zero-order chi connectivity index (χ0) is 10.7. The Kier molecular flexibility index (Phi) is 3.34. The number of likely N-dealkylation sites (tertiary alicyclic amines) is 1. The number of aromatic nitrogens is 1. The average Bonchev–Trinajstić information content (AvgIpc) is 2.62. The van der Waals surface area contributed by atoms with E-state index in [2.05, 4.69) is 22.9 Å². The van der Waals surface area contributed by atoms with E-state index >= 15 is 0 Å². The molecule has 2 atom stereocenters. The van der Waals surface area contributed by atoms with Gasteiger partial charge in [0.15, 0.2) is 0 Å². The fourth-order valence-electron chi connectivity index (χ4n) is 2.31. The quantitative estimate of drug-likeness (QED) is 0.807. The smallest absolute Gasteiger partial charge is 0.0544 e. The molecule has 0 radical (unpaired) electrons. The van der Waals surface area contributed by atoms with Crippen molar-refractivity contribution in [3.05, 3.63) is 30.1 Å². The summed E-state index contributed by atoms with van der Waals surface area (Å²) in [5, 5.41) is 0. The van der Waals surface area contributed by atoms with E-state index in [0.717, 1.165) is 25.3 Å². The van der Waals surface area contributed by atoms with Gasteiger partial charge in [0.05, 0.1) is 5.69 Å². The van der Waals surface area contributed by atoms with Gasteiger partial charge in [-0.15, -0.1) is 0 Å². The molecule has 2 heterocycles. The van der Waals surface area contributed by atoms with Gasteiger partial charge >= 0.3 is 0 Å². The predicted molar refractivity (Wildman–Crippen MR) is 61.3 cm³/mol. The van der Waals surface area contributed by atoms with Crippen molar-refractivity contribution in [1.82, 2.24) is 9.88 Å². The summed E-state index contributed by atoms with van der Waals surface area (Å²) in [6.45, 7) is 5.19. The molecule has 2 rings (SSSR count). The van der Waals surface area contributed by atoms with Crippen LogP contribution in [0.4, 0.5) is 0 Å². The molecular formula is C12H19N3. The van der Waals surface area contributed by atoms with Crippen molar-refractivity contribution >= 4 is 0 Å². The molecule has 0 amide bonds. The lowest BCUT2D eigenvalue weighted by Gasteiger charge is -2.23. The van der Waals surface area contributed by atoms with E-state index in [0.29, 0.717) is 12.0 Å². The Morgan fingerprint density at radius 3 is 3.00 bits per heavy atom. The molecule has 1 aromatic heterocycles. The van der Waals surface area contributed by atoms with Gasteiger partial charge in [-0.05, 0) is 44.5 Å². The molecule has 82 valence electrons. The van der Waals surface area contributed by atoms with Gasteiger partial charge in [-0.1, -0.05) is 6.07 Å². The van der Waals surface area contributed by atoms with Crippen molar-refractivity contribution in [2.45, 2.75) is 25.9 Å². The highest BCUT2D eigenvalue weighted by Crippen LogP contribution is 2.24. The molecule has 2 N–H and O–H groups in total. The molecule has 0 spiro atoms. The number of nitrogens with zero attached hydrogens (tertiary/aromatic N) is 2. The van der Waals surface area contributed by atoms with Gasteiger partial charge in [0.1, 0.15) is 0 Å². The predicted octanol–water partition coefficient (Wildman–Crippen LogP) is 1.25. The molecule has 1 aliphatic heterocycles. The summed E-state index contributed by atoms with van der Waals surface area (Å²) in [7, 11) is 0. The van der Waals surface area contributed by atoms with Crippen molar-refractivity contribution in [3.8, 4) is 0 Å². The Hall–Kier alpha value is -0.930. The van der Waals surface area contributed by atoms with Crippen LogP contribution in [0.5, 0.6) is 0 Å². The summed E-state index contributed by atoms with van der Waals surface area (Å²) in [6.07, 6.45) is 3.08. The van der Waals surface area contributed by atoms with Crippen LogP contribution in [0.15, 0.2) is 24.4 Å². The Morgan fingerprint density at radius 1 is 1.53 bits per heavy atom. The van der Waals surface area contributed by atoms with Crippen LogP contribution in [-0.2, 0) is 6.54 Å². The molecule has 1 aliphatic rings. The average molecular weight is 205 g/mol. The molecule has 3 nitrogen and oxygen atoms in total. The van der Waals surface area contributed by atoms with E-state index in [1.54, 1.807) is 0 Å². The summed E-state index contributed by atoms with van der Waals surface area (Å²) < 4.78 is 0. The molecule has 0 aliphatic carbocycles. The molecule has 1 aromatic rings. The van der Waals surface area contributed by atoms with Crippen molar-refractivity contribution in [2.24, 2.45) is 11.7 Å². The lowest BCUT2D eigenvalue weighted by atomic mass is 10.0. The molecule has 1 fully saturated rings. The molecule has 3 heteroatoms. The largest absolute Gasteiger partial charge is 0.330 e. The third-order valence-electron chi connectivity index (χ3n) is 3.44. The second kappa shape index (κ2) is 4.73. The number of hydrogen-bond donors (Lipinski definition) is 1. The van der Waals surface area contributed by atoms with Crippen LogP contribution in [0, 0.1) is 5.92 Å². The van der Waals surface area contributed by atoms with Gasteiger partial charge in [0, 0.05) is 18.8 Å². The van der Waals surface area contributed by atoms with Crippen LogP contribution in [-0.4, -0.2) is 29.0 Å². The Balaban J connectivity index is 1.96. The highest BCUT2D eigenvalue weighted by molar-refractivity contribution is 5.04. The molecule has 15 heavy (non-hydrogen) atoms. The van der Waals surface area contributed by atoms with Gasteiger partial charge in [-0.2, -0.15) is 0 Å². The van der Waals surface area contributed by atoms with Crippen LogP contribution < -0.4 is 5.73 Å². The maximum absolute atomic E-state index is 5.74. The summed E-state index contributed by atoms with van der Waals surface area (Å²) in [6, 6.07) is 6.68. The maximum Gasteiger partial charge on any atom is 0.0544 e. The summed E-state index contributed by atoms with van der Waals surface area (Å²) >= 11 is 0. The highest BCUT2D eigenvalue weighted by atomic mass is 15.2. The molecule has 0 saturated carbocycles. The van der Waals surface area contributed by atoms with Gasteiger partial charge < -0.3 is 5.73 Å². The Morgan fingerprint density at radius 2 is 2.40 bits per heavy atom. The minimum absolute atomic E-state index is 0.594. The van der Waals surface area contributed by atoms with Crippen LogP contribution >= 0.6 is 0 Å². The van der Waals surface area contributed by atoms with Crippen LogP contribution in [0.2, 0.25) is 0 Å². The van der Waals surface area contributed by atoms with Crippen molar-refractivity contribution in [1.29, 1.82) is 0 Å². The van der Waals surface area contributed by atoms with Crippen molar-refractivity contribution in [3.63, 3.8) is 0 Å². The standard InChI is InChI=1S/C12H19N3/c1-10-11(8-13)5-7-15(10)9-12-4-2-3-6-14-12/h2-4,6,10-11H,5,7-9,13H2,1H3. The minimum atomic E-state index is 0.594. The monoisotopic (exact) mass is 205 g/mol. The van der Waals surface area contributed by atoms with Crippen molar-refractivity contribution in [2.75, 3.05) is 13.1 Å². The van der Waals surface area contributed by atoms with Crippen LogP contribution in [0.25, 0.3) is 0 Å². The van der Waals surface area contributed by atoms with E-state index in [1.807, 2.05) is 18.3 Å².